The normalized spacial score (nSPS) is 10.7. The van der Waals surface area contributed by atoms with Crippen LogP contribution in [-0.2, 0) is 13.5 Å². The minimum atomic E-state index is -0.168. The van der Waals surface area contributed by atoms with Gasteiger partial charge in [-0.2, -0.15) is 5.10 Å². The minimum Gasteiger partial charge on any atom is -0.275 e. The highest BCUT2D eigenvalue weighted by Gasteiger charge is 2.13. The topological polar surface area (TPSA) is 57.1 Å². The molecule has 6 heteroatoms. The van der Waals surface area contributed by atoms with Crippen LogP contribution in [0.25, 0.3) is 11.3 Å². The van der Waals surface area contributed by atoms with E-state index in [1.54, 1.807) is 26.0 Å². The van der Waals surface area contributed by atoms with Crippen molar-refractivity contribution < 1.29 is 0 Å². The molecular weight excluding hydrogens is 326 g/mol. The van der Waals surface area contributed by atoms with E-state index in [-0.39, 0.29) is 5.69 Å². The van der Waals surface area contributed by atoms with Crippen LogP contribution in [0.3, 0.4) is 0 Å². The smallest absolute Gasteiger partial charge is 0.275 e. The highest BCUT2D eigenvalue weighted by molar-refractivity contribution is 5.49. The van der Waals surface area contributed by atoms with Crippen molar-refractivity contribution in [2.45, 2.75) is 13.3 Å². The third-order valence-electron chi connectivity index (χ3n) is 4.17. The van der Waals surface area contributed by atoms with Crippen LogP contribution in [0.5, 0.6) is 0 Å². The molecule has 0 N–H and O–H groups in total. The van der Waals surface area contributed by atoms with Gasteiger partial charge >= 0.3 is 5.69 Å². The molecule has 4 aromatic rings. The molecule has 0 aliphatic rings. The molecule has 0 fully saturated rings. The lowest BCUT2D eigenvalue weighted by Gasteiger charge is -2.12. The Balaban J connectivity index is 1.93. The van der Waals surface area contributed by atoms with E-state index < -0.39 is 0 Å². The molecule has 128 valence electrons. The largest absolute Gasteiger partial charge is 0.339 e. The maximum atomic E-state index is 13.2. The zero-order valence-corrected chi connectivity index (χ0v) is 14.5. The lowest BCUT2D eigenvalue weighted by Crippen LogP contribution is -2.28. The number of aryl methyl sites for hydroxylation is 2. The first kappa shape index (κ1) is 15.9. The number of benzene rings is 1. The first-order chi connectivity index (χ1) is 12.7. The van der Waals surface area contributed by atoms with Crippen LogP contribution in [0.1, 0.15) is 23.9 Å². The molecular formula is C20H17N5O. The molecule has 26 heavy (non-hydrogen) atoms. The van der Waals surface area contributed by atoms with Crippen molar-refractivity contribution in [1.29, 1.82) is 0 Å². The molecule has 0 saturated heterocycles. The van der Waals surface area contributed by atoms with Gasteiger partial charge in [0, 0.05) is 25.0 Å². The molecule has 3 aromatic heterocycles. The van der Waals surface area contributed by atoms with Gasteiger partial charge in [0.2, 0.25) is 0 Å². The number of aromatic nitrogens is 5. The van der Waals surface area contributed by atoms with Crippen molar-refractivity contribution in [3.8, 4) is 17.5 Å². The van der Waals surface area contributed by atoms with Gasteiger partial charge in [0.15, 0.2) is 0 Å². The third kappa shape index (κ3) is 2.70. The number of para-hydroxylation sites is 1. The summed E-state index contributed by atoms with van der Waals surface area (Å²) >= 11 is 0. The fourth-order valence-corrected chi connectivity index (χ4v) is 2.93. The van der Waals surface area contributed by atoms with E-state index in [0.29, 0.717) is 11.3 Å². The van der Waals surface area contributed by atoms with Gasteiger partial charge in [-0.1, -0.05) is 31.0 Å². The summed E-state index contributed by atoms with van der Waals surface area (Å²) in [5, 5.41) is 4.10. The van der Waals surface area contributed by atoms with Gasteiger partial charge in [-0.25, -0.2) is 14.2 Å². The molecule has 0 atom stereocenters. The molecule has 6 nitrogen and oxygen atoms in total. The summed E-state index contributed by atoms with van der Waals surface area (Å²) in [6.07, 6.45) is 5.88. The Morgan fingerprint density at radius 1 is 1.12 bits per heavy atom. The Hall–Kier alpha value is -3.59. The lowest BCUT2D eigenvalue weighted by molar-refractivity contribution is 0.767. The molecule has 4 rings (SSSR count). The Morgan fingerprint density at radius 3 is 2.62 bits per heavy atom. The monoisotopic (exact) mass is 343 g/mol. The number of imidazole rings is 1. The maximum absolute atomic E-state index is 13.2. The maximum Gasteiger partial charge on any atom is 0.339 e. The third-order valence-corrected chi connectivity index (χ3v) is 4.17. The van der Waals surface area contributed by atoms with Crippen molar-refractivity contribution in [3.63, 3.8) is 0 Å². The molecule has 0 amide bonds. The number of hydrogen-bond acceptors (Lipinski definition) is 3. The summed E-state index contributed by atoms with van der Waals surface area (Å²) < 4.78 is 4.95. The quantitative estimate of drug-likeness (QED) is 0.524. The van der Waals surface area contributed by atoms with Gasteiger partial charge in [0.05, 0.1) is 23.6 Å². The van der Waals surface area contributed by atoms with Gasteiger partial charge < -0.3 is 0 Å². The van der Waals surface area contributed by atoms with Crippen LogP contribution < -0.4 is 5.69 Å². The van der Waals surface area contributed by atoms with Crippen LogP contribution in [-0.4, -0.2) is 23.7 Å². The zero-order chi connectivity index (χ0) is 18.1. The summed E-state index contributed by atoms with van der Waals surface area (Å²) in [6, 6.07) is 11.5. The molecule has 0 unspecified atom stereocenters. The standard InChI is InChI=1S/C20H17N5O/c1-3-16-11-19-21-13-18(10-9-15-12-22-23(2)14-15)25(19)20(26)24(16)17-7-5-4-6-8-17/h4-8,11-14H,3H2,1-2H3. The van der Waals surface area contributed by atoms with Crippen molar-refractivity contribution >= 4 is 5.65 Å². The van der Waals surface area contributed by atoms with E-state index in [1.807, 2.05) is 56.6 Å². The Kier molecular flexibility index (Phi) is 3.90. The van der Waals surface area contributed by atoms with E-state index in [1.165, 1.54) is 0 Å². The molecule has 0 saturated carbocycles. The van der Waals surface area contributed by atoms with E-state index in [2.05, 4.69) is 21.9 Å². The molecule has 0 spiro atoms. The molecule has 0 aliphatic carbocycles. The van der Waals surface area contributed by atoms with E-state index in [0.717, 1.165) is 23.4 Å². The second-order valence-corrected chi connectivity index (χ2v) is 5.93. The van der Waals surface area contributed by atoms with Gasteiger partial charge in [-0.15, -0.1) is 0 Å². The highest BCUT2D eigenvalue weighted by Crippen LogP contribution is 2.12. The van der Waals surface area contributed by atoms with Gasteiger partial charge in [0.1, 0.15) is 11.3 Å². The van der Waals surface area contributed by atoms with E-state index in [9.17, 15) is 4.79 Å². The predicted molar refractivity (Wildman–Crippen MR) is 99.4 cm³/mol. The van der Waals surface area contributed by atoms with E-state index in [4.69, 9.17) is 0 Å². The van der Waals surface area contributed by atoms with Crippen LogP contribution in [0.15, 0.2) is 59.8 Å². The second kappa shape index (κ2) is 6.37. The molecule has 0 radical (unpaired) electrons. The first-order valence-corrected chi connectivity index (χ1v) is 8.36. The minimum absolute atomic E-state index is 0.168. The highest BCUT2D eigenvalue weighted by atomic mass is 16.1. The fourth-order valence-electron chi connectivity index (χ4n) is 2.93. The summed E-state index contributed by atoms with van der Waals surface area (Å²) in [6.45, 7) is 2.02. The van der Waals surface area contributed by atoms with Gasteiger partial charge in [-0.05, 0) is 24.5 Å². The molecule has 1 aromatic carbocycles. The van der Waals surface area contributed by atoms with Gasteiger partial charge in [0.25, 0.3) is 0 Å². The second-order valence-electron chi connectivity index (χ2n) is 5.93. The van der Waals surface area contributed by atoms with Crippen molar-refractivity contribution in [3.05, 3.63) is 82.4 Å². The van der Waals surface area contributed by atoms with Crippen LogP contribution in [0, 0.1) is 11.8 Å². The fraction of sp³-hybridized carbons (Fsp3) is 0.150. The van der Waals surface area contributed by atoms with Gasteiger partial charge in [-0.3, -0.25) is 9.25 Å². The molecule has 3 heterocycles. The van der Waals surface area contributed by atoms with Crippen molar-refractivity contribution in [1.82, 2.24) is 23.7 Å². The average molecular weight is 343 g/mol. The average Bonchev–Trinajstić information content (AvgIpc) is 3.26. The Labute approximate surface area is 150 Å². The summed E-state index contributed by atoms with van der Waals surface area (Å²) in [5.74, 6) is 6.07. The summed E-state index contributed by atoms with van der Waals surface area (Å²) in [7, 11) is 1.84. The van der Waals surface area contributed by atoms with Crippen molar-refractivity contribution in [2.24, 2.45) is 7.05 Å². The Morgan fingerprint density at radius 2 is 1.92 bits per heavy atom. The van der Waals surface area contributed by atoms with Crippen LogP contribution in [0.2, 0.25) is 0 Å². The van der Waals surface area contributed by atoms with E-state index >= 15 is 0 Å². The summed E-state index contributed by atoms with van der Waals surface area (Å²) in [4.78, 5) is 17.6. The number of nitrogens with zero attached hydrogens (tertiary/aromatic N) is 5. The SMILES string of the molecule is CCc1cc2ncc(C#Cc3cnn(C)c3)n2c(=O)n1-c1ccccc1. The first-order valence-electron chi connectivity index (χ1n) is 8.36. The van der Waals surface area contributed by atoms with Crippen molar-refractivity contribution in [2.75, 3.05) is 0 Å². The lowest BCUT2D eigenvalue weighted by atomic mass is 10.2. The summed E-state index contributed by atoms with van der Waals surface area (Å²) in [5.41, 5.74) is 3.52. The number of hydrogen-bond donors (Lipinski definition) is 0. The molecule has 0 bridgehead atoms. The molecule has 0 aliphatic heterocycles. The zero-order valence-electron chi connectivity index (χ0n) is 14.5. The predicted octanol–water partition coefficient (Wildman–Crippen LogP) is 2.18. The van der Waals surface area contributed by atoms with Crippen LogP contribution >= 0.6 is 0 Å². The van der Waals surface area contributed by atoms with Crippen LogP contribution in [0.4, 0.5) is 0 Å². The number of rotatable bonds is 2. The number of fused-ring (bicyclic) bond motifs is 1. The Bertz CT molecular complexity index is 1200.